The van der Waals surface area contributed by atoms with Gasteiger partial charge in [-0.25, -0.2) is 0 Å². The van der Waals surface area contributed by atoms with Crippen LogP contribution in [0.15, 0.2) is 59.2 Å². The summed E-state index contributed by atoms with van der Waals surface area (Å²) in [6.45, 7) is 15.0. The number of hydrogen-bond donors (Lipinski definition) is 0. The van der Waals surface area contributed by atoms with Crippen LogP contribution < -0.4 is 24.8 Å². The Balaban J connectivity index is 0.00000129. The summed E-state index contributed by atoms with van der Waals surface area (Å²) in [5.74, 6) is 7.78. The Labute approximate surface area is 347 Å². The minimum absolute atomic E-state index is 0. The molecule has 0 nitrogen and oxygen atoms in total. The maximum atomic E-state index is 2.82. The van der Waals surface area contributed by atoms with Gasteiger partial charge in [-0.05, 0) is 192 Å². The van der Waals surface area contributed by atoms with E-state index >= 15 is 0 Å². The summed E-state index contributed by atoms with van der Waals surface area (Å²) in [5.41, 5.74) is 16.6. The molecule has 276 valence electrons. The molecule has 2 aromatic rings. The molecule has 0 aromatic heterocycles. The first-order valence-electron chi connectivity index (χ1n) is 21.1. The van der Waals surface area contributed by atoms with Gasteiger partial charge in [0.25, 0.3) is 0 Å². The van der Waals surface area contributed by atoms with Crippen LogP contribution in [0, 0.1) is 58.2 Å². The molecule has 2 unspecified atom stereocenters. The number of rotatable bonds is 4. The second-order valence-corrected chi connectivity index (χ2v) is 21.9. The third-order valence-electron chi connectivity index (χ3n) is 17.5. The van der Waals surface area contributed by atoms with Gasteiger partial charge in [-0.1, -0.05) is 95.2 Å². The SMILES string of the molecule is CC(C)C1CC(C)(C2c3ccc(C45CC6CC(CC(C6)C4)C5)cc3-c3cc(C45CC6CC(CC(C6)C4)C5)ccc32)C2=C1CC(C(C)(C)C)=C2.[Cl-].[Cl-].[Zr+2]. The predicted octanol–water partition coefficient (Wildman–Crippen LogP) is 7.10. The van der Waals surface area contributed by atoms with E-state index in [1.807, 2.05) is 0 Å². The molecule has 0 saturated heterocycles. The molecule has 8 fully saturated rings. The third kappa shape index (κ3) is 5.39. The Kier molecular flexibility index (Phi) is 9.34. The molecule has 2 atom stereocenters. The average molecular weight is 813 g/mol. The van der Waals surface area contributed by atoms with E-state index < -0.39 is 0 Å². The quantitative estimate of drug-likeness (QED) is 0.310. The van der Waals surface area contributed by atoms with Gasteiger partial charge in [-0.15, -0.1) is 0 Å². The molecule has 13 rings (SSSR count). The fourth-order valence-corrected chi connectivity index (χ4v) is 16.1. The normalized spacial score (nSPS) is 41.3. The van der Waals surface area contributed by atoms with Crippen LogP contribution in [0.25, 0.3) is 11.1 Å². The second kappa shape index (κ2) is 12.7. The molecule has 3 heteroatoms. The number of halogens is 2. The summed E-state index contributed by atoms with van der Waals surface area (Å²) in [6, 6.07) is 16.4. The Bertz CT molecular complexity index is 1670. The molecule has 0 radical (unpaired) electrons. The topological polar surface area (TPSA) is 0 Å². The number of hydrogen-bond acceptors (Lipinski definition) is 0. The molecule has 0 spiro atoms. The van der Waals surface area contributed by atoms with Crippen molar-refractivity contribution in [2.45, 2.75) is 148 Å². The van der Waals surface area contributed by atoms with E-state index in [0.717, 1.165) is 35.5 Å². The number of benzene rings is 2. The van der Waals surface area contributed by atoms with Gasteiger partial charge in [-0.2, -0.15) is 0 Å². The van der Waals surface area contributed by atoms with Gasteiger partial charge in [0.15, 0.2) is 0 Å². The van der Waals surface area contributed by atoms with Crippen molar-refractivity contribution in [2.75, 3.05) is 0 Å². The van der Waals surface area contributed by atoms with Crippen molar-refractivity contribution in [3.05, 3.63) is 81.4 Å². The zero-order valence-electron chi connectivity index (χ0n) is 32.9. The molecule has 0 N–H and O–H groups in total. The molecule has 0 heterocycles. The Morgan fingerprint density at radius 1 is 0.615 bits per heavy atom. The van der Waals surface area contributed by atoms with Crippen molar-refractivity contribution in [2.24, 2.45) is 58.2 Å². The van der Waals surface area contributed by atoms with Crippen LogP contribution in [0.2, 0.25) is 0 Å². The van der Waals surface area contributed by atoms with Crippen LogP contribution >= 0.6 is 0 Å². The van der Waals surface area contributed by atoms with Crippen molar-refractivity contribution < 1.29 is 51.0 Å². The monoisotopic (exact) mass is 810 g/mol. The van der Waals surface area contributed by atoms with E-state index in [-0.39, 0.29) is 61.8 Å². The van der Waals surface area contributed by atoms with E-state index in [2.05, 4.69) is 84.0 Å². The van der Waals surface area contributed by atoms with Gasteiger partial charge in [0.2, 0.25) is 0 Å². The molecule has 52 heavy (non-hydrogen) atoms. The van der Waals surface area contributed by atoms with Gasteiger partial charge in [0, 0.05) is 11.3 Å². The van der Waals surface area contributed by atoms with Crippen LogP contribution in [0.3, 0.4) is 0 Å². The van der Waals surface area contributed by atoms with E-state index in [1.54, 1.807) is 50.1 Å². The Morgan fingerprint density at radius 3 is 1.38 bits per heavy atom. The van der Waals surface area contributed by atoms with E-state index in [9.17, 15) is 0 Å². The minimum Gasteiger partial charge on any atom is -1.00 e. The van der Waals surface area contributed by atoms with E-state index in [0.29, 0.717) is 28.6 Å². The maximum absolute atomic E-state index is 2.82. The van der Waals surface area contributed by atoms with Gasteiger partial charge < -0.3 is 24.8 Å². The predicted molar refractivity (Wildman–Crippen MR) is 204 cm³/mol. The standard InChI is InChI=1S/C49H62.2ClH.Zr/c1-28(2)43-27-47(6,44-20-37(19-42(43)44)46(3,4)5)45-38-9-7-35(48-21-29-11-30(22-48)13-31(12-29)23-48)17-40(38)41-18-36(8-10-39(41)45)49-24-32-14-33(25-49)16-34(15-32)26-49;;;/h7-10,17-18,20,28-34,43,45H,11-16,19,21-27H2,1-6H3;2*1H;/q;;;+2/p-2. The molecule has 0 aliphatic heterocycles. The van der Waals surface area contributed by atoms with Gasteiger partial charge >= 0.3 is 26.2 Å². The van der Waals surface area contributed by atoms with Gasteiger partial charge in [-0.3, -0.25) is 0 Å². The summed E-state index contributed by atoms with van der Waals surface area (Å²) >= 11 is 0. The van der Waals surface area contributed by atoms with Crippen LogP contribution in [0.5, 0.6) is 0 Å². The Hall–Kier alpha value is -0.617. The summed E-state index contributed by atoms with van der Waals surface area (Å²) in [4.78, 5) is 0. The van der Waals surface area contributed by atoms with Crippen LogP contribution in [0.1, 0.15) is 160 Å². The zero-order valence-corrected chi connectivity index (χ0v) is 36.9. The van der Waals surface area contributed by atoms with E-state index in [1.165, 1.54) is 89.9 Å². The summed E-state index contributed by atoms with van der Waals surface area (Å²) in [5, 5.41) is 0. The van der Waals surface area contributed by atoms with E-state index in [4.69, 9.17) is 0 Å². The minimum atomic E-state index is 0. The summed E-state index contributed by atoms with van der Waals surface area (Å²) < 4.78 is 0. The molecule has 11 aliphatic carbocycles. The van der Waals surface area contributed by atoms with Gasteiger partial charge in [0.1, 0.15) is 0 Å². The molecular formula is C49H62Cl2Zr. The zero-order chi connectivity index (χ0) is 33.2. The van der Waals surface area contributed by atoms with Crippen molar-refractivity contribution in [3.8, 4) is 11.1 Å². The summed E-state index contributed by atoms with van der Waals surface area (Å²) in [7, 11) is 0. The molecule has 8 saturated carbocycles. The molecule has 0 amide bonds. The van der Waals surface area contributed by atoms with Crippen LogP contribution in [-0.2, 0) is 37.0 Å². The first-order valence-corrected chi connectivity index (χ1v) is 21.1. The van der Waals surface area contributed by atoms with Crippen molar-refractivity contribution in [1.29, 1.82) is 0 Å². The number of fused-ring (bicyclic) bond motifs is 3. The molecular weight excluding hydrogens is 751 g/mol. The molecule has 2 aromatic carbocycles. The van der Waals surface area contributed by atoms with Gasteiger partial charge in [0.05, 0.1) is 0 Å². The average Bonchev–Trinajstić information content (AvgIpc) is 3.70. The van der Waals surface area contributed by atoms with Crippen molar-refractivity contribution in [1.82, 2.24) is 0 Å². The fourth-order valence-electron chi connectivity index (χ4n) is 16.1. The first kappa shape index (κ1) is 38.3. The fraction of sp³-hybridized carbons (Fsp3) is 0.673. The maximum Gasteiger partial charge on any atom is 2.00 e. The van der Waals surface area contributed by atoms with Crippen LogP contribution in [0.4, 0.5) is 0 Å². The second-order valence-electron chi connectivity index (χ2n) is 21.9. The van der Waals surface area contributed by atoms with Crippen LogP contribution in [-0.4, -0.2) is 0 Å². The van der Waals surface area contributed by atoms with Crippen molar-refractivity contribution >= 4 is 0 Å². The largest absolute Gasteiger partial charge is 2.00 e. The summed E-state index contributed by atoms with van der Waals surface area (Å²) in [6.07, 6.45) is 23.2. The number of allylic oxidation sites excluding steroid dienone is 4. The first-order chi connectivity index (χ1) is 23.4. The third-order valence-corrected chi connectivity index (χ3v) is 17.5. The van der Waals surface area contributed by atoms with Crippen molar-refractivity contribution in [3.63, 3.8) is 0 Å². The molecule has 8 bridgehead atoms. The smallest absolute Gasteiger partial charge is 1.00 e. The Morgan fingerprint density at radius 2 is 1.02 bits per heavy atom. The molecule has 11 aliphatic rings.